The van der Waals surface area contributed by atoms with Gasteiger partial charge >= 0.3 is 6.09 Å². The van der Waals surface area contributed by atoms with Crippen molar-refractivity contribution in [1.82, 2.24) is 5.32 Å². The van der Waals surface area contributed by atoms with Crippen LogP contribution in [0.4, 0.5) is 4.79 Å². The number of benzene rings is 1. The van der Waals surface area contributed by atoms with Gasteiger partial charge in [0.2, 0.25) is 6.79 Å². The van der Waals surface area contributed by atoms with Crippen LogP contribution < -0.4 is 14.8 Å². The van der Waals surface area contributed by atoms with E-state index in [0.717, 1.165) is 23.5 Å². The van der Waals surface area contributed by atoms with Crippen molar-refractivity contribution in [3.05, 3.63) is 23.8 Å². The normalized spacial score (nSPS) is 23.4. The Morgan fingerprint density at radius 1 is 1.30 bits per heavy atom. The highest BCUT2D eigenvalue weighted by Gasteiger charge is 2.41. The first-order valence-electron chi connectivity index (χ1n) is 6.81. The van der Waals surface area contributed by atoms with Crippen LogP contribution in [-0.4, -0.2) is 24.5 Å². The third-order valence-corrected chi connectivity index (χ3v) is 3.32. The zero-order chi connectivity index (χ0) is 14.3. The van der Waals surface area contributed by atoms with Gasteiger partial charge in [-0.15, -0.1) is 0 Å². The van der Waals surface area contributed by atoms with Gasteiger partial charge in [-0.05, 0) is 44.9 Å². The molecule has 1 saturated carbocycles. The zero-order valence-electron chi connectivity index (χ0n) is 11.9. The second kappa shape index (κ2) is 4.58. The molecule has 0 bridgehead atoms. The van der Waals surface area contributed by atoms with Gasteiger partial charge < -0.3 is 19.5 Å². The Bertz CT molecular complexity index is 535. The summed E-state index contributed by atoms with van der Waals surface area (Å²) in [7, 11) is 0. The van der Waals surface area contributed by atoms with Crippen molar-refractivity contribution in [1.29, 1.82) is 0 Å². The number of ether oxygens (including phenoxy) is 3. The third kappa shape index (κ3) is 2.81. The highest BCUT2D eigenvalue weighted by molar-refractivity contribution is 5.69. The number of carbonyl (C=O) groups is 1. The number of alkyl carbamates (subject to hydrolysis) is 1. The molecule has 1 heterocycles. The van der Waals surface area contributed by atoms with Gasteiger partial charge in [0.1, 0.15) is 5.60 Å². The molecule has 3 rings (SSSR count). The van der Waals surface area contributed by atoms with Crippen LogP contribution in [-0.2, 0) is 4.74 Å². The molecule has 0 aromatic heterocycles. The lowest BCUT2D eigenvalue weighted by Crippen LogP contribution is -2.34. The van der Waals surface area contributed by atoms with Crippen molar-refractivity contribution < 1.29 is 19.0 Å². The first-order chi connectivity index (χ1) is 9.42. The molecule has 1 aliphatic heterocycles. The average molecular weight is 277 g/mol. The Hall–Kier alpha value is -1.91. The number of fused-ring (bicyclic) bond motifs is 1. The molecule has 20 heavy (non-hydrogen) atoms. The van der Waals surface area contributed by atoms with Gasteiger partial charge in [0.25, 0.3) is 0 Å². The Morgan fingerprint density at radius 3 is 2.80 bits per heavy atom. The summed E-state index contributed by atoms with van der Waals surface area (Å²) in [5.41, 5.74) is 0.697. The molecule has 108 valence electrons. The summed E-state index contributed by atoms with van der Waals surface area (Å²) in [6.45, 7) is 5.85. The summed E-state index contributed by atoms with van der Waals surface area (Å²) >= 11 is 0. The van der Waals surface area contributed by atoms with Crippen LogP contribution in [0.3, 0.4) is 0 Å². The van der Waals surface area contributed by atoms with E-state index in [9.17, 15) is 4.79 Å². The minimum Gasteiger partial charge on any atom is -0.454 e. The summed E-state index contributed by atoms with van der Waals surface area (Å²) in [4.78, 5) is 11.7. The summed E-state index contributed by atoms with van der Waals surface area (Å²) in [6, 6.07) is 6.07. The molecule has 2 atom stereocenters. The minimum atomic E-state index is -0.465. The Labute approximate surface area is 118 Å². The average Bonchev–Trinajstić information content (AvgIpc) is 2.93. The molecule has 1 aliphatic carbocycles. The van der Waals surface area contributed by atoms with E-state index in [1.54, 1.807) is 0 Å². The van der Waals surface area contributed by atoms with Gasteiger partial charge in [0, 0.05) is 12.0 Å². The van der Waals surface area contributed by atoms with Gasteiger partial charge in [-0.2, -0.15) is 0 Å². The zero-order valence-corrected chi connectivity index (χ0v) is 11.9. The fourth-order valence-corrected chi connectivity index (χ4v) is 2.33. The van der Waals surface area contributed by atoms with Crippen molar-refractivity contribution in [2.24, 2.45) is 0 Å². The van der Waals surface area contributed by atoms with Gasteiger partial charge in [0.15, 0.2) is 11.5 Å². The number of hydrogen-bond acceptors (Lipinski definition) is 4. The smallest absolute Gasteiger partial charge is 0.407 e. The Morgan fingerprint density at radius 2 is 2.05 bits per heavy atom. The van der Waals surface area contributed by atoms with Gasteiger partial charge in [0.05, 0.1) is 0 Å². The molecule has 1 fully saturated rings. The van der Waals surface area contributed by atoms with Crippen LogP contribution in [0.2, 0.25) is 0 Å². The van der Waals surface area contributed by atoms with Crippen molar-refractivity contribution in [2.75, 3.05) is 6.79 Å². The standard InChI is InChI=1S/C15H19NO4/c1-15(2,3)20-14(17)16-11-7-10(11)9-4-5-12-13(6-9)19-8-18-12/h4-6,10-11H,7-8H2,1-3H3,(H,16,17). The lowest BCUT2D eigenvalue weighted by Gasteiger charge is -2.19. The predicted octanol–water partition coefficient (Wildman–Crippen LogP) is 2.80. The SMILES string of the molecule is CC(C)(C)OC(=O)NC1CC1c1ccc2c(c1)OCO2. The number of nitrogens with one attached hydrogen (secondary N) is 1. The minimum absolute atomic E-state index is 0.144. The van der Waals surface area contributed by atoms with Crippen molar-refractivity contribution in [3.63, 3.8) is 0 Å². The molecule has 5 heteroatoms. The predicted molar refractivity (Wildman–Crippen MR) is 73.1 cm³/mol. The maximum absolute atomic E-state index is 11.7. The van der Waals surface area contributed by atoms with E-state index < -0.39 is 5.60 Å². The molecule has 2 aliphatic rings. The fraction of sp³-hybridized carbons (Fsp3) is 0.533. The highest BCUT2D eigenvalue weighted by atomic mass is 16.7. The topological polar surface area (TPSA) is 56.8 Å². The quantitative estimate of drug-likeness (QED) is 0.903. The molecule has 1 aromatic carbocycles. The van der Waals surface area contributed by atoms with Gasteiger partial charge in [-0.25, -0.2) is 4.79 Å². The first-order valence-corrected chi connectivity index (χ1v) is 6.81. The molecular weight excluding hydrogens is 258 g/mol. The van der Waals surface area contributed by atoms with Crippen LogP contribution >= 0.6 is 0 Å². The Kier molecular flexibility index (Phi) is 3.00. The molecule has 5 nitrogen and oxygen atoms in total. The van der Waals surface area contributed by atoms with E-state index >= 15 is 0 Å². The molecule has 1 amide bonds. The van der Waals surface area contributed by atoms with E-state index in [-0.39, 0.29) is 18.9 Å². The van der Waals surface area contributed by atoms with Gasteiger partial charge in [-0.3, -0.25) is 0 Å². The van der Waals surface area contributed by atoms with Gasteiger partial charge in [-0.1, -0.05) is 6.07 Å². The largest absolute Gasteiger partial charge is 0.454 e. The molecule has 2 unspecified atom stereocenters. The molecule has 0 saturated heterocycles. The number of rotatable bonds is 2. The van der Waals surface area contributed by atoms with E-state index in [1.807, 2.05) is 39.0 Å². The lowest BCUT2D eigenvalue weighted by atomic mass is 10.1. The maximum Gasteiger partial charge on any atom is 0.407 e. The van der Waals surface area contributed by atoms with Crippen LogP contribution in [0.15, 0.2) is 18.2 Å². The van der Waals surface area contributed by atoms with Crippen LogP contribution in [0.25, 0.3) is 0 Å². The highest BCUT2D eigenvalue weighted by Crippen LogP contribution is 2.44. The van der Waals surface area contributed by atoms with Crippen LogP contribution in [0.5, 0.6) is 11.5 Å². The second-order valence-electron chi connectivity index (χ2n) is 6.21. The van der Waals surface area contributed by atoms with Crippen molar-refractivity contribution >= 4 is 6.09 Å². The second-order valence-corrected chi connectivity index (χ2v) is 6.21. The van der Waals surface area contributed by atoms with Crippen LogP contribution in [0, 0.1) is 0 Å². The fourth-order valence-electron chi connectivity index (χ4n) is 2.33. The Balaban J connectivity index is 1.58. The summed E-state index contributed by atoms with van der Waals surface area (Å²) < 4.78 is 15.9. The van der Waals surface area contributed by atoms with E-state index in [4.69, 9.17) is 14.2 Å². The monoisotopic (exact) mass is 277 g/mol. The number of hydrogen-bond donors (Lipinski definition) is 1. The summed E-state index contributed by atoms with van der Waals surface area (Å²) in [6.07, 6.45) is 0.574. The van der Waals surface area contributed by atoms with E-state index in [2.05, 4.69) is 5.32 Å². The number of carbonyl (C=O) groups excluding carboxylic acids is 1. The third-order valence-electron chi connectivity index (χ3n) is 3.32. The summed E-state index contributed by atoms with van der Waals surface area (Å²) in [5.74, 6) is 1.90. The summed E-state index contributed by atoms with van der Waals surface area (Å²) in [5, 5.41) is 2.89. The van der Waals surface area contributed by atoms with Crippen molar-refractivity contribution in [3.8, 4) is 11.5 Å². The van der Waals surface area contributed by atoms with Crippen LogP contribution in [0.1, 0.15) is 38.7 Å². The first kappa shape index (κ1) is 13.1. The van der Waals surface area contributed by atoms with E-state index in [1.165, 1.54) is 0 Å². The number of amides is 1. The van der Waals surface area contributed by atoms with Crippen molar-refractivity contribution in [2.45, 2.75) is 44.8 Å². The van der Waals surface area contributed by atoms with E-state index in [0.29, 0.717) is 5.92 Å². The lowest BCUT2D eigenvalue weighted by molar-refractivity contribution is 0.0523. The molecule has 1 N–H and O–H groups in total. The molecule has 0 radical (unpaired) electrons. The maximum atomic E-state index is 11.7. The molecule has 1 aromatic rings. The molecular formula is C15H19NO4. The molecule has 0 spiro atoms.